The van der Waals surface area contributed by atoms with Crippen LogP contribution in [0.15, 0.2) is 24.3 Å². The number of amides is 2. The van der Waals surface area contributed by atoms with Crippen LogP contribution in [-0.2, 0) is 19.1 Å². The zero-order valence-corrected chi connectivity index (χ0v) is 12.6. The quantitative estimate of drug-likeness (QED) is 0.600. The molecule has 1 atom stereocenters. The lowest BCUT2D eigenvalue weighted by atomic mass is 10.0. The van der Waals surface area contributed by atoms with Gasteiger partial charge in [0, 0.05) is 25.8 Å². The molecule has 0 aliphatic heterocycles. The molecule has 22 heavy (non-hydrogen) atoms. The molecule has 0 spiro atoms. The van der Waals surface area contributed by atoms with Gasteiger partial charge in [-0.15, -0.1) is 0 Å². The van der Waals surface area contributed by atoms with Gasteiger partial charge >= 0.3 is 5.97 Å². The van der Waals surface area contributed by atoms with Crippen LogP contribution in [-0.4, -0.2) is 36.7 Å². The maximum atomic E-state index is 12.3. The van der Waals surface area contributed by atoms with Crippen molar-refractivity contribution in [3.63, 3.8) is 0 Å². The Morgan fingerprint density at radius 3 is 2.27 bits per heavy atom. The van der Waals surface area contributed by atoms with Crippen molar-refractivity contribution in [3.05, 3.63) is 29.8 Å². The van der Waals surface area contributed by atoms with Gasteiger partial charge in [0.25, 0.3) is 0 Å². The Kier molecular flexibility index (Phi) is 6.25. The fourth-order valence-corrected chi connectivity index (χ4v) is 1.90. The van der Waals surface area contributed by atoms with Crippen molar-refractivity contribution in [2.75, 3.05) is 12.4 Å². The highest BCUT2D eigenvalue weighted by Gasteiger charge is 2.25. The Bertz CT molecular complexity index is 597. The summed E-state index contributed by atoms with van der Waals surface area (Å²) in [7, 11) is 1.17. The number of methoxy groups -OCH3 is 1. The maximum Gasteiger partial charge on any atom is 0.328 e. The van der Waals surface area contributed by atoms with Crippen molar-refractivity contribution in [1.82, 2.24) is 5.32 Å². The van der Waals surface area contributed by atoms with Crippen LogP contribution >= 0.6 is 0 Å². The number of Topliss-reactive ketones (excluding diaryl/α,β-unsaturated/α-hetero) is 1. The first-order valence-corrected chi connectivity index (χ1v) is 6.60. The lowest BCUT2D eigenvalue weighted by Gasteiger charge is -2.16. The first kappa shape index (κ1) is 17.4. The minimum atomic E-state index is -1.07. The standard InChI is InChI=1S/C15H18N2O5/c1-9(18)16-12-7-5-4-6-11(12)14(20)8-13(15(21)22-3)17-10(2)19/h4-7,13H,8H2,1-3H3,(H,16,18)(H,17,19). The lowest BCUT2D eigenvalue weighted by Crippen LogP contribution is -2.42. The molecule has 118 valence electrons. The van der Waals surface area contributed by atoms with E-state index in [0.717, 1.165) is 0 Å². The van der Waals surface area contributed by atoms with Crippen LogP contribution in [0.1, 0.15) is 30.6 Å². The number of esters is 1. The molecule has 7 heteroatoms. The van der Waals surface area contributed by atoms with E-state index in [4.69, 9.17) is 0 Å². The summed E-state index contributed by atoms with van der Waals surface area (Å²) in [6, 6.07) is 5.37. The van der Waals surface area contributed by atoms with Crippen LogP contribution in [0, 0.1) is 0 Å². The van der Waals surface area contributed by atoms with Gasteiger partial charge in [0.2, 0.25) is 11.8 Å². The summed E-state index contributed by atoms with van der Waals surface area (Å²) in [5, 5.41) is 4.92. The normalized spacial score (nSPS) is 11.2. The molecule has 0 aliphatic rings. The van der Waals surface area contributed by atoms with Crippen LogP contribution in [0.25, 0.3) is 0 Å². The molecule has 0 fully saturated rings. The summed E-state index contributed by atoms with van der Waals surface area (Å²) in [5.41, 5.74) is 0.614. The monoisotopic (exact) mass is 306 g/mol. The molecule has 0 radical (unpaired) electrons. The topological polar surface area (TPSA) is 102 Å². The van der Waals surface area contributed by atoms with E-state index in [2.05, 4.69) is 15.4 Å². The summed E-state index contributed by atoms with van der Waals surface area (Å²) in [6.07, 6.45) is -0.261. The predicted octanol–water partition coefficient (Wildman–Crippen LogP) is 0.895. The number of rotatable bonds is 6. The number of ketones is 1. The molecule has 0 saturated carbocycles. The third-order valence-corrected chi connectivity index (χ3v) is 2.79. The maximum absolute atomic E-state index is 12.3. The van der Waals surface area contributed by atoms with Crippen molar-refractivity contribution in [3.8, 4) is 0 Å². The summed E-state index contributed by atoms with van der Waals surface area (Å²) in [6.45, 7) is 2.57. The predicted molar refractivity (Wildman–Crippen MR) is 79.3 cm³/mol. The molecule has 0 heterocycles. The van der Waals surface area contributed by atoms with E-state index >= 15 is 0 Å². The fourth-order valence-electron chi connectivity index (χ4n) is 1.90. The van der Waals surface area contributed by atoms with Crippen LogP contribution in [0.5, 0.6) is 0 Å². The zero-order valence-electron chi connectivity index (χ0n) is 12.6. The van der Waals surface area contributed by atoms with Gasteiger partial charge in [0.05, 0.1) is 12.8 Å². The smallest absolute Gasteiger partial charge is 0.328 e. The van der Waals surface area contributed by atoms with E-state index in [-0.39, 0.29) is 17.9 Å². The second-order valence-corrected chi connectivity index (χ2v) is 4.63. The summed E-state index contributed by atoms with van der Waals surface area (Å²) in [4.78, 5) is 46.2. The number of hydrogen-bond acceptors (Lipinski definition) is 5. The SMILES string of the molecule is COC(=O)C(CC(=O)c1ccccc1NC(C)=O)NC(C)=O. The zero-order chi connectivity index (χ0) is 16.7. The number of ether oxygens (including phenoxy) is 1. The summed E-state index contributed by atoms with van der Waals surface area (Å²) >= 11 is 0. The molecule has 1 unspecified atom stereocenters. The molecule has 0 saturated heterocycles. The highest BCUT2D eigenvalue weighted by atomic mass is 16.5. The van der Waals surface area contributed by atoms with Crippen molar-refractivity contribution in [1.29, 1.82) is 0 Å². The second kappa shape index (κ2) is 7.92. The summed E-state index contributed by atoms with van der Waals surface area (Å²) in [5.74, 6) is -1.86. The van der Waals surface area contributed by atoms with E-state index in [0.29, 0.717) is 5.69 Å². The lowest BCUT2D eigenvalue weighted by molar-refractivity contribution is -0.144. The Labute approximate surface area is 128 Å². The van der Waals surface area contributed by atoms with Crippen LogP contribution in [0.3, 0.4) is 0 Å². The van der Waals surface area contributed by atoms with E-state index in [1.165, 1.54) is 27.0 Å². The van der Waals surface area contributed by atoms with Gasteiger partial charge in [-0.25, -0.2) is 4.79 Å². The van der Waals surface area contributed by atoms with E-state index < -0.39 is 23.7 Å². The van der Waals surface area contributed by atoms with Gasteiger partial charge in [-0.2, -0.15) is 0 Å². The Balaban J connectivity index is 2.97. The van der Waals surface area contributed by atoms with E-state index in [1.54, 1.807) is 18.2 Å². The average Bonchev–Trinajstić information content (AvgIpc) is 2.45. The minimum absolute atomic E-state index is 0.261. The van der Waals surface area contributed by atoms with Crippen LogP contribution in [0.2, 0.25) is 0 Å². The number of para-hydroxylation sites is 1. The molecule has 0 aliphatic carbocycles. The molecule has 2 N–H and O–H groups in total. The average molecular weight is 306 g/mol. The van der Waals surface area contributed by atoms with Crippen molar-refractivity contribution < 1.29 is 23.9 Å². The van der Waals surface area contributed by atoms with E-state index in [1.807, 2.05) is 0 Å². The number of hydrogen-bond donors (Lipinski definition) is 2. The molecule has 0 bridgehead atoms. The molecule has 0 aromatic heterocycles. The Morgan fingerprint density at radius 1 is 1.09 bits per heavy atom. The first-order chi connectivity index (χ1) is 10.3. The van der Waals surface area contributed by atoms with Gasteiger partial charge < -0.3 is 15.4 Å². The van der Waals surface area contributed by atoms with Gasteiger partial charge in [0.1, 0.15) is 6.04 Å². The molecular weight excluding hydrogens is 288 g/mol. The van der Waals surface area contributed by atoms with Gasteiger partial charge in [-0.05, 0) is 12.1 Å². The highest BCUT2D eigenvalue weighted by Crippen LogP contribution is 2.18. The molecular formula is C15H18N2O5. The summed E-state index contributed by atoms with van der Waals surface area (Å²) < 4.78 is 4.57. The third kappa shape index (κ3) is 5.01. The number of carbonyl (C=O) groups is 4. The number of benzene rings is 1. The number of carbonyl (C=O) groups excluding carboxylic acids is 4. The Hall–Kier alpha value is -2.70. The number of nitrogens with one attached hydrogen (secondary N) is 2. The van der Waals surface area contributed by atoms with Crippen molar-refractivity contribution in [2.24, 2.45) is 0 Å². The fraction of sp³-hybridized carbons (Fsp3) is 0.333. The Morgan fingerprint density at radius 2 is 1.73 bits per heavy atom. The molecule has 1 aromatic carbocycles. The van der Waals surface area contributed by atoms with Crippen molar-refractivity contribution >= 4 is 29.3 Å². The van der Waals surface area contributed by atoms with Gasteiger partial charge in [0.15, 0.2) is 5.78 Å². The molecule has 7 nitrogen and oxygen atoms in total. The third-order valence-electron chi connectivity index (χ3n) is 2.79. The molecule has 2 amide bonds. The van der Waals surface area contributed by atoms with Gasteiger partial charge in [-0.1, -0.05) is 12.1 Å². The van der Waals surface area contributed by atoms with Crippen LogP contribution < -0.4 is 10.6 Å². The number of anilines is 1. The molecule has 1 aromatic rings. The highest BCUT2D eigenvalue weighted by molar-refractivity contribution is 6.06. The first-order valence-electron chi connectivity index (χ1n) is 6.60. The van der Waals surface area contributed by atoms with Crippen molar-refractivity contribution in [2.45, 2.75) is 26.3 Å². The van der Waals surface area contributed by atoms with E-state index in [9.17, 15) is 19.2 Å². The largest absolute Gasteiger partial charge is 0.467 e. The second-order valence-electron chi connectivity index (χ2n) is 4.63. The minimum Gasteiger partial charge on any atom is -0.467 e. The molecule has 1 rings (SSSR count). The van der Waals surface area contributed by atoms with Gasteiger partial charge in [-0.3, -0.25) is 14.4 Å². The van der Waals surface area contributed by atoms with Crippen LogP contribution in [0.4, 0.5) is 5.69 Å².